The number of thioether (sulfide) groups is 1. The molecule has 1 saturated carbocycles. The predicted octanol–water partition coefficient (Wildman–Crippen LogP) is 3.80. The largest absolute Gasteiger partial charge is 0.396 e. The van der Waals surface area contributed by atoms with Gasteiger partial charge in [-0.25, -0.2) is 0 Å². The van der Waals surface area contributed by atoms with E-state index >= 15 is 0 Å². The van der Waals surface area contributed by atoms with E-state index in [2.05, 4.69) is 34.1 Å². The molecule has 0 saturated heterocycles. The van der Waals surface area contributed by atoms with Crippen molar-refractivity contribution in [3.63, 3.8) is 0 Å². The second-order valence-electron chi connectivity index (χ2n) is 4.09. The zero-order valence-electron chi connectivity index (χ0n) is 8.74. The SMILES string of the molecule is CC(CO)c1ccc(SC2CC2)c(Br)c1. The zero-order valence-corrected chi connectivity index (χ0v) is 11.1. The van der Waals surface area contributed by atoms with E-state index in [1.165, 1.54) is 23.3 Å². The molecule has 1 fully saturated rings. The maximum Gasteiger partial charge on any atom is 0.0497 e. The minimum atomic E-state index is 0.210. The van der Waals surface area contributed by atoms with Crippen LogP contribution in [0.2, 0.25) is 0 Å². The molecule has 0 radical (unpaired) electrons. The summed E-state index contributed by atoms with van der Waals surface area (Å²) in [6.45, 7) is 2.25. The van der Waals surface area contributed by atoms with Gasteiger partial charge in [0.1, 0.15) is 0 Å². The van der Waals surface area contributed by atoms with Crippen molar-refractivity contribution in [1.29, 1.82) is 0 Å². The summed E-state index contributed by atoms with van der Waals surface area (Å²) >= 11 is 5.55. The standard InChI is InChI=1S/C12H15BrOS/c1-8(7-14)9-2-5-12(11(13)6-9)15-10-3-4-10/h2,5-6,8,10,14H,3-4,7H2,1H3. The average Bonchev–Trinajstić information content (AvgIpc) is 3.04. The van der Waals surface area contributed by atoms with Gasteiger partial charge in [-0.2, -0.15) is 0 Å². The van der Waals surface area contributed by atoms with Crippen molar-refractivity contribution in [3.8, 4) is 0 Å². The number of aliphatic hydroxyl groups excluding tert-OH is 1. The van der Waals surface area contributed by atoms with E-state index in [4.69, 9.17) is 5.11 Å². The Labute approximate surface area is 103 Å². The van der Waals surface area contributed by atoms with E-state index in [1.54, 1.807) is 0 Å². The maximum atomic E-state index is 9.08. The molecule has 0 spiro atoms. The van der Waals surface area contributed by atoms with Crippen LogP contribution in [0.3, 0.4) is 0 Å². The molecule has 1 nitrogen and oxygen atoms in total. The van der Waals surface area contributed by atoms with Gasteiger partial charge in [-0.1, -0.05) is 13.0 Å². The van der Waals surface area contributed by atoms with Gasteiger partial charge in [0, 0.05) is 27.1 Å². The minimum absolute atomic E-state index is 0.210. The average molecular weight is 287 g/mol. The lowest BCUT2D eigenvalue weighted by Gasteiger charge is -2.10. The fraction of sp³-hybridized carbons (Fsp3) is 0.500. The highest BCUT2D eigenvalue weighted by molar-refractivity contribution is 9.10. The van der Waals surface area contributed by atoms with Crippen molar-refractivity contribution < 1.29 is 5.11 Å². The van der Waals surface area contributed by atoms with Crippen LogP contribution in [0.1, 0.15) is 31.2 Å². The van der Waals surface area contributed by atoms with Gasteiger partial charge in [0.25, 0.3) is 0 Å². The Morgan fingerprint density at radius 1 is 1.53 bits per heavy atom. The maximum absolute atomic E-state index is 9.08. The van der Waals surface area contributed by atoms with Crippen LogP contribution >= 0.6 is 27.7 Å². The minimum Gasteiger partial charge on any atom is -0.396 e. The normalized spacial score (nSPS) is 17.8. The molecule has 0 amide bonds. The molecule has 1 aliphatic rings. The highest BCUT2D eigenvalue weighted by Crippen LogP contribution is 2.42. The van der Waals surface area contributed by atoms with Gasteiger partial charge in [-0.3, -0.25) is 0 Å². The molecule has 82 valence electrons. The second-order valence-corrected chi connectivity index (χ2v) is 6.29. The van der Waals surface area contributed by atoms with Crippen molar-refractivity contribution in [2.75, 3.05) is 6.61 Å². The van der Waals surface area contributed by atoms with Gasteiger partial charge in [-0.15, -0.1) is 11.8 Å². The van der Waals surface area contributed by atoms with Crippen LogP contribution < -0.4 is 0 Å². The zero-order chi connectivity index (χ0) is 10.8. The van der Waals surface area contributed by atoms with Crippen molar-refractivity contribution in [2.45, 2.75) is 35.8 Å². The van der Waals surface area contributed by atoms with E-state index in [9.17, 15) is 0 Å². The molecule has 0 bridgehead atoms. The first-order valence-corrected chi connectivity index (χ1v) is 6.95. The summed E-state index contributed by atoms with van der Waals surface area (Å²) in [5.74, 6) is 0.223. The molecule has 1 N–H and O–H groups in total. The third-order valence-corrected chi connectivity index (χ3v) is 4.95. The molecule has 1 aromatic rings. The van der Waals surface area contributed by atoms with E-state index in [0.717, 1.165) is 9.72 Å². The molecule has 1 aromatic carbocycles. The molecule has 1 unspecified atom stereocenters. The summed E-state index contributed by atoms with van der Waals surface area (Å²) in [6.07, 6.45) is 2.71. The van der Waals surface area contributed by atoms with Crippen LogP contribution in [0.5, 0.6) is 0 Å². The summed E-state index contributed by atoms with van der Waals surface area (Å²) in [6, 6.07) is 6.41. The molecule has 2 rings (SSSR count). The molecule has 1 aliphatic carbocycles. The smallest absolute Gasteiger partial charge is 0.0497 e. The second kappa shape index (κ2) is 4.89. The van der Waals surface area contributed by atoms with Crippen LogP contribution in [0.4, 0.5) is 0 Å². The summed E-state index contributed by atoms with van der Waals surface area (Å²) in [4.78, 5) is 1.33. The quantitative estimate of drug-likeness (QED) is 0.909. The van der Waals surface area contributed by atoms with Gasteiger partial charge < -0.3 is 5.11 Å². The lowest BCUT2D eigenvalue weighted by atomic mass is 10.0. The van der Waals surface area contributed by atoms with E-state index in [1.807, 2.05) is 18.7 Å². The summed E-state index contributed by atoms with van der Waals surface area (Å²) < 4.78 is 1.16. The third-order valence-electron chi connectivity index (χ3n) is 2.62. The van der Waals surface area contributed by atoms with E-state index < -0.39 is 0 Å². The van der Waals surface area contributed by atoms with Crippen LogP contribution in [0.15, 0.2) is 27.6 Å². The van der Waals surface area contributed by atoms with E-state index in [-0.39, 0.29) is 12.5 Å². The van der Waals surface area contributed by atoms with Crippen LogP contribution in [-0.4, -0.2) is 17.0 Å². The molecule has 1 atom stereocenters. The topological polar surface area (TPSA) is 20.2 Å². The Balaban J connectivity index is 2.13. The van der Waals surface area contributed by atoms with Crippen LogP contribution in [0.25, 0.3) is 0 Å². The Kier molecular flexibility index (Phi) is 3.75. The Morgan fingerprint density at radius 3 is 2.80 bits per heavy atom. The third kappa shape index (κ3) is 2.99. The highest BCUT2D eigenvalue weighted by atomic mass is 79.9. The van der Waals surface area contributed by atoms with Crippen LogP contribution in [-0.2, 0) is 0 Å². The van der Waals surface area contributed by atoms with Crippen molar-refractivity contribution in [3.05, 3.63) is 28.2 Å². The highest BCUT2D eigenvalue weighted by Gasteiger charge is 2.23. The van der Waals surface area contributed by atoms with Crippen molar-refractivity contribution in [2.24, 2.45) is 0 Å². The van der Waals surface area contributed by atoms with Crippen LogP contribution in [0, 0.1) is 0 Å². The molecule has 0 heterocycles. The molecule has 0 aromatic heterocycles. The molecule has 0 aliphatic heterocycles. The number of aliphatic hydroxyl groups is 1. The molecule has 15 heavy (non-hydrogen) atoms. The number of benzene rings is 1. The lowest BCUT2D eigenvalue weighted by Crippen LogP contribution is -1.98. The number of halogens is 1. The summed E-state index contributed by atoms with van der Waals surface area (Å²) in [5.41, 5.74) is 1.20. The number of hydrogen-bond acceptors (Lipinski definition) is 2. The monoisotopic (exact) mass is 286 g/mol. The first kappa shape index (κ1) is 11.5. The van der Waals surface area contributed by atoms with Crippen molar-refractivity contribution in [1.82, 2.24) is 0 Å². The van der Waals surface area contributed by atoms with Gasteiger partial charge in [0.15, 0.2) is 0 Å². The summed E-state index contributed by atoms with van der Waals surface area (Å²) in [7, 11) is 0. The van der Waals surface area contributed by atoms with Gasteiger partial charge in [0.05, 0.1) is 0 Å². The Morgan fingerprint density at radius 2 is 2.27 bits per heavy atom. The van der Waals surface area contributed by atoms with Crippen molar-refractivity contribution >= 4 is 27.7 Å². The first-order valence-electron chi connectivity index (χ1n) is 5.27. The fourth-order valence-corrected chi connectivity index (χ4v) is 3.12. The Hall–Kier alpha value is 0.01000. The Bertz CT molecular complexity index is 349. The lowest BCUT2D eigenvalue weighted by molar-refractivity contribution is 0.273. The predicted molar refractivity (Wildman–Crippen MR) is 68.5 cm³/mol. The van der Waals surface area contributed by atoms with Gasteiger partial charge in [-0.05, 0) is 46.5 Å². The number of hydrogen-bond donors (Lipinski definition) is 1. The fourth-order valence-electron chi connectivity index (χ4n) is 1.39. The van der Waals surface area contributed by atoms with Gasteiger partial charge >= 0.3 is 0 Å². The number of rotatable bonds is 4. The molecule has 3 heteroatoms. The molecular formula is C12H15BrOS. The van der Waals surface area contributed by atoms with E-state index in [0.29, 0.717) is 0 Å². The molecular weight excluding hydrogens is 272 g/mol. The van der Waals surface area contributed by atoms with Gasteiger partial charge in [0.2, 0.25) is 0 Å². The summed E-state index contributed by atoms with van der Waals surface area (Å²) in [5, 5.41) is 9.92. The first-order chi connectivity index (χ1) is 7.20.